The molecule has 3 N–H and O–H groups in total. The van der Waals surface area contributed by atoms with E-state index in [2.05, 4.69) is 20.6 Å². The van der Waals surface area contributed by atoms with Crippen molar-refractivity contribution in [3.63, 3.8) is 0 Å². The fraction of sp³-hybridized carbons (Fsp3) is 0.353. The standard InChI is InChI=1S/C17H18N4O2/c22-16-14(20-10-5-2-1-3-6-10)15(17(16)23)21-12-9-19-11-7-4-8-18-13(11)12/h4,7-10,19-21H,1-3,5-6H2. The SMILES string of the molecule is O=c1c(Nc2c[nH]c3cccnc23)c(NC2CCCCC2)c1=O. The Morgan fingerprint density at radius 2 is 1.87 bits per heavy atom. The van der Waals surface area contributed by atoms with Gasteiger partial charge in [-0.05, 0) is 25.0 Å². The largest absolute Gasteiger partial charge is 0.377 e. The van der Waals surface area contributed by atoms with E-state index < -0.39 is 10.9 Å². The maximum Gasteiger partial charge on any atom is 0.253 e. The molecule has 3 aromatic rings. The molecule has 0 spiro atoms. The third-order valence-electron chi connectivity index (χ3n) is 4.56. The van der Waals surface area contributed by atoms with Gasteiger partial charge in [0.25, 0.3) is 10.9 Å². The van der Waals surface area contributed by atoms with Gasteiger partial charge in [0.15, 0.2) is 0 Å². The third-order valence-corrected chi connectivity index (χ3v) is 4.56. The van der Waals surface area contributed by atoms with Gasteiger partial charge >= 0.3 is 0 Å². The Morgan fingerprint density at radius 1 is 1.09 bits per heavy atom. The molecule has 1 saturated carbocycles. The predicted octanol–water partition coefficient (Wildman–Crippen LogP) is 2.65. The molecule has 6 heteroatoms. The van der Waals surface area contributed by atoms with Gasteiger partial charge in [-0.2, -0.15) is 0 Å². The Bertz CT molecular complexity index is 914. The highest BCUT2D eigenvalue weighted by molar-refractivity contribution is 5.92. The summed E-state index contributed by atoms with van der Waals surface area (Å²) in [5.41, 5.74) is 2.23. The molecule has 1 aliphatic rings. The zero-order valence-electron chi connectivity index (χ0n) is 12.7. The van der Waals surface area contributed by atoms with Crippen molar-refractivity contribution in [2.24, 2.45) is 0 Å². The van der Waals surface area contributed by atoms with E-state index in [1.54, 1.807) is 12.4 Å². The number of nitrogens with zero attached hydrogens (tertiary/aromatic N) is 1. The Kier molecular flexibility index (Phi) is 3.37. The lowest BCUT2D eigenvalue weighted by Gasteiger charge is -2.25. The van der Waals surface area contributed by atoms with E-state index in [1.165, 1.54) is 19.3 Å². The summed E-state index contributed by atoms with van der Waals surface area (Å²) in [6.45, 7) is 0. The first-order valence-electron chi connectivity index (χ1n) is 8.03. The molecule has 2 heterocycles. The van der Waals surface area contributed by atoms with Crippen LogP contribution < -0.4 is 21.5 Å². The number of hydrogen-bond donors (Lipinski definition) is 3. The van der Waals surface area contributed by atoms with Crippen LogP contribution in [0.25, 0.3) is 11.0 Å². The molecule has 2 aromatic heterocycles. The van der Waals surface area contributed by atoms with Crippen molar-refractivity contribution in [1.82, 2.24) is 9.97 Å². The molecule has 4 rings (SSSR count). The normalized spacial score (nSPS) is 16.0. The van der Waals surface area contributed by atoms with Gasteiger partial charge in [0, 0.05) is 18.4 Å². The second-order valence-corrected chi connectivity index (χ2v) is 6.11. The minimum absolute atomic E-state index is 0.286. The van der Waals surface area contributed by atoms with Gasteiger partial charge in [-0.25, -0.2) is 0 Å². The fourth-order valence-electron chi connectivity index (χ4n) is 3.28. The van der Waals surface area contributed by atoms with Crippen LogP contribution in [0.1, 0.15) is 32.1 Å². The summed E-state index contributed by atoms with van der Waals surface area (Å²) in [4.78, 5) is 31.2. The first kappa shape index (κ1) is 14.0. The van der Waals surface area contributed by atoms with Gasteiger partial charge in [0.1, 0.15) is 16.9 Å². The molecule has 0 aliphatic heterocycles. The van der Waals surface area contributed by atoms with Crippen LogP contribution in [0, 0.1) is 0 Å². The van der Waals surface area contributed by atoms with Gasteiger partial charge in [0.2, 0.25) is 0 Å². The van der Waals surface area contributed by atoms with Gasteiger partial charge in [0.05, 0.1) is 11.2 Å². The second kappa shape index (κ2) is 5.53. The van der Waals surface area contributed by atoms with Crippen molar-refractivity contribution in [3.8, 4) is 0 Å². The average molecular weight is 310 g/mol. The Balaban J connectivity index is 1.61. The molecular formula is C17H18N4O2. The first-order valence-corrected chi connectivity index (χ1v) is 8.03. The number of aromatic nitrogens is 2. The number of rotatable bonds is 4. The highest BCUT2D eigenvalue weighted by Gasteiger charge is 2.25. The van der Waals surface area contributed by atoms with Crippen LogP contribution >= 0.6 is 0 Å². The lowest BCUT2D eigenvalue weighted by molar-refractivity contribution is 0.462. The molecule has 0 atom stereocenters. The van der Waals surface area contributed by atoms with Crippen molar-refractivity contribution >= 4 is 28.1 Å². The number of H-pyrrole nitrogens is 1. The van der Waals surface area contributed by atoms with E-state index in [4.69, 9.17) is 0 Å². The number of nitrogens with one attached hydrogen (secondary N) is 3. The fourth-order valence-corrected chi connectivity index (χ4v) is 3.28. The number of fused-ring (bicyclic) bond motifs is 1. The van der Waals surface area contributed by atoms with Crippen LogP contribution in [0.2, 0.25) is 0 Å². The van der Waals surface area contributed by atoms with Crippen LogP contribution in [0.5, 0.6) is 0 Å². The Hall–Kier alpha value is -2.63. The molecule has 0 unspecified atom stereocenters. The molecule has 1 fully saturated rings. The van der Waals surface area contributed by atoms with E-state index in [1.807, 2.05) is 12.1 Å². The molecular weight excluding hydrogens is 292 g/mol. The minimum atomic E-state index is -0.464. The van der Waals surface area contributed by atoms with Crippen molar-refractivity contribution in [1.29, 1.82) is 0 Å². The molecule has 1 aromatic carbocycles. The van der Waals surface area contributed by atoms with E-state index in [-0.39, 0.29) is 6.04 Å². The van der Waals surface area contributed by atoms with Crippen LogP contribution in [0.15, 0.2) is 34.1 Å². The molecule has 1 aliphatic carbocycles. The zero-order chi connectivity index (χ0) is 15.8. The number of pyridine rings is 1. The van der Waals surface area contributed by atoms with Crippen molar-refractivity contribution < 1.29 is 0 Å². The maximum atomic E-state index is 11.9. The van der Waals surface area contributed by atoms with Crippen molar-refractivity contribution in [2.45, 2.75) is 38.1 Å². The third kappa shape index (κ3) is 2.40. The highest BCUT2D eigenvalue weighted by Crippen LogP contribution is 2.28. The molecule has 0 radical (unpaired) electrons. The van der Waals surface area contributed by atoms with Crippen LogP contribution in [-0.2, 0) is 0 Å². The van der Waals surface area contributed by atoms with Crippen molar-refractivity contribution in [2.75, 3.05) is 10.6 Å². The summed E-state index contributed by atoms with van der Waals surface area (Å²) in [5.74, 6) is 0. The molecule has 0 bridgehead atoms. The van der Waals surface area contributed by atoms with E-state index in [0.717, 1.165) is 23.9 Å². The summed E-state index contributed by atoms with van der Waals surface area (Å²) in [6.07, 6.45) is 9.14. The highest BCUT2D eigenvalue weighted by atomic mass is 16.2. The quantitative estimate of drug-likeness (QED) is 0.645. The van der Waals surface area contributed by atoms with Gasteiger partial charge in [-0.1, -0.05) is 19.3 Å². The smallest absolute Gasteiger partial charge is 0.253 e. The van der Waals surface area contributed by atoms with Gasteiger partial charge in [-0.3, -0.25) is 14.6 Å². The first-order chi connectivity index (χ1) is 11.2. The van der Waals surface area contributed by atoms with Crippen molar-refractivity contribution in [3.05, 3.63) is 45.0 Å². The predicted molar refractivity (Wildman–Crippen MR) is 91.2 cm³/mol. The van der Waals surface area contributed by atoms with Gasteiger partial charge < -0.3 is 15.6 Å². The second-order valence-electron chi connectivity index (χ2n) is 6.11. The summed E-state index contributed by atoms with van der Waals surface area (Å²) in [5, 5.41) is 6.34. The molecule has 0 amide bonds. The summed E-state index contributed by atoms with van der Waals surface area (Å²) in [7, 11) is 0. The lowest BCUT2D eigenvalue weighted by Crippen LogP contribution is -2.39. The molecule has 23 heavy (non-hydrogen) atoms. The van der Waals surface area contributed by atoms with E-state index in [9.17, 15) is 9.59 Å². The summed E-state index contributed by atoms with van der Waals surface area (Å²) < 4.78 is 0. The van der Waals surface area contributed by atoms with Crippen LogP contribution in [0.4, 0.5) is 17.1 Å². The number of anilines is 3. The Morgan fingerprint density at radius 3 is 2.70 bits per heavy atom. The zero-order valence-corrected chi connectivity index (χ0v) is 12.7. The topological polar surface area (TPSA) is 86.9 Å². The lowest BCUT2D eigenvalue weighted by atomic mass is 9.95. The monoisotopic (exact) mass is 310 g/mol. The van der Waals surface area contributed by atoms with Gasteiger partial charge in [-0.15, -0.1) is 0 Å². The summed E-state index contributed by atoms with van der Waals surface area (Å²) in [6, 6.07) is 4.04. The molecule has 6 nitrogen and oxygen atoms in total. The molecule has 118 valence electrons. The number of hydrogen-bond acceptors (Lipinski definition) is 5. The molecule has 0 saturated heterocycles. The van der Waals surface area contributed by atoms with E-state index >= 15 is 0 Å². The number of aromatic amines is 1. The summed E-state index contributed by atoms with van der Waals surface area (Å²) >= 11 is 0. The average Bonchev–Trinajstić information content (AvgIpc) is 3.02. The van der Waals surface area contributed by atoms with E-state index in [0.29, 0.717) is 17.1 Å². The minimum Gasteiger partial charge on any atom is -0.377 e. The van der Waals surface area contributed by atoms with Crippen LogP contribution in [-0.4, -0.2) is 16.0 Å². The Labute approximate surface area is 132 Å². The maximum absolute atomic E-state index is 11.9. The van der Waals surface area contributed by atoms with Crippen LogP contribution in [0.3, 0.4) is 0 Å².